The molecular weight excluding hydrogens is 246 g/mol. The number of hydrogen-bond donors (Lipinski definition) is 1. The van der Waals surface area contributed by atoms with Gasteiger partial charge in [-0.2, -0.15) is 0 Å². The van der Waals surface area contributed by atoms with E-state index >= 15 is 0 Å². The highest BCUT2D eigenvalue weighted by Crippen LogP contribution is 2.27. The van der Waals surface area contributed by atoms with Gasteiger partial charge in [0.25, 0.3) is 0 Å². The van der Waals surface area contributed by atoms with Gasteiger partial charge in [0.2, 0.25) is 0 Å². The maximum atomic E-state index is 4.79. The second kappa shape index (κ2) is 5.72. The van der Waals surface area contributed by atoms with E-state index in [0.29, 0.717) is 6.04 Å². The summed E-state index contributed by atoms with van der Waals surface area (Å²) >= 11 is 0. The van der Waals surface area contributed by atoms with E-state index in [0.717, 1.165) is 24.1 Å². The van der Waals surface area contributed by atoms with Crippen LogP contribution >= 0.6 is 0 Å². The second-order valence-corrected chi connectivity index (χ2v) is 7.22. The van der Waals surface area contributed by atoms with Gasteiger partial charge in [0, 0.05) is 31.4 Å². The molecule has 1 N–H and O–H groups in total. The molecule has 0 bridgehead atoms. The van der Waals surface area contributed by atoms with Crippen LogP contribution in [0.4, 0.5) is 5.82 Å². The van der Waals surface area contributed by atoms with Crippen LogP contribution in [0.25, 0.3) is 0 Å². The molecule has 112 valence electrons. The monoisotopic (exact) mass is 275 g/mol. The highest BCUT2D eigenvalue weighted by molar-refractivity contribution is 5.42. The summed E-state index contributed by atoms with van der Waals surface area (Å²) < 4.78 is 0. The first-order chi connectivity index (χ1) is 9.29. The SMILES string of the molecule is Cc1nc(N(C)C(C)C(C)(C)C)ccc1CNC1CC1. The number of nitrogens with one attached hydrogen (secondary N) is 1. The van der Waals surface area contributed by atoms with E-state index in [4.69, 9.17) is 4.98 Å². The first-order valence-electron chi connectivity index (χ1n) is 7.72. The first kappa shape index (κ1) is 15.3. The number of aryl methyl sites for hydroxylation is 1. The minimum atomic E-state index is 0.247. The number of aromatic nitrogens is 1. The van der Waals surface area contributed by atoms with Crippen molar-refractivity contribution in [2.45, 2.75) is 66.1 Å². The molecule has 1 aromatic rings. The van der Waals surface area contributed by atoms with Gasteiger partial charge in [0.05, 0.1) is 0 Å². The molecule has 0 spiro atoms. The molecule has 1 aromatic heterocycles. The molecule has 1 heterocycles. The number of anilines is 1. The van der Waals surface area contributed by atoms with E-state index in [9.17, 15) is 0 Å². The van der Waals surface area contributed by atoms with Gasteiger partial charge >= 0.3 is 0 Å². The summed E-state index contributed by atoms with van der Waals surface area (Å²) in [7, 11) is 2.14. The molecule has 20 heavy (non-hydrogen) atoms. The minimum absolute atomic E-state index is 0.247. The van der Waals surface area contributed by atoms with E-state index in [1.807, 2.05) is 0 Å². The van der Waals surface area contributed by atoms with Crippen LogP contribution in [0, 0.1) is 12.3 Å². The van der Waals surface area contributed by atoms with Crippen molar-refractivity contribution in [3.05, 3.63) is 23.4 Å². The maximum absolute atomic E-state index is 4.79. The third kappa shape index (κ3) is 3.72. The quantitative estimate of drug-likeness (QED) is 0.891. The molecule has 1 aliphatic carbocycles. The number of rotatable bonds is 5. The lowest BCUT2D eigenvalue weighted by atomic mass is 9.87. The fraction of sp³-hybridized carbons (Fsp3) is 0.706. The lowest BCUT2D eigenvalue weighted by molar-refractivity contribution is 0.328. The zero-order valence-corrected chi connectivity index (χ0v) is 13.8. The van der Waals surface area contributed by atoms with Crippen molar-refractivity contribution in [1.82, 2.24) is 10.3 Å². The van der Waals surface area contributed by atoms with Gasteiger partial charge < -0.3 is 10.2 Å². The van der Waals surface area contributed by atoms with Crippen LogP contribution < -0.4 is 10.2 Å². The van der Waals surface area contributed by atoms with Crippen LogP contribution in [0.1, 0.15) is 51.8 Å². The Hall–Kier alpha value is -1.09. The Kier molecular flexibility index (Phi) is 4.38. The van der Waals surface area contributed by atoms with E-state index in [1.165, 1.54) is 18.4 Å². The van der Waals surface area contributed by atoms with E-state index in [-0.39, 0.29) is 5.41 Å². The summed E-state index contributed by atoms with van der Waals surface area (Å²) in [6, 6.07) is 5.57. The topological polar surface area (TPSA) is 28.2 Å². The second-order valence-electron chi connectivity index (χ2n) is 7.22. The molecule has 1 fully saturated rings. The predicted octanol–water partition coefficient (Wildman–Crippen LogP) is 3.51. The summed E-state index contributed by atoms with van der Waals surface area (Å²) in [5.74, 6) is 1.07. The highest BCUT2D eigenvalue weighted by Gasteiger charge is 2.25. The van der Waals surface area contributed by atoms with Crippen molar-refractivity contribution in [2.24, 2.45) is 5.41 Å². The molecule has 1 aliphatic rings. The molecule has 3 nitrogen and oxygen atoms in total. The third-order valence-corrected chi connectivity index (χ3v) is 4.53. The van der Waals surface area contributed by atoms with E-state index in [1.54, 1.807) is 0 Å². The molecule has 1 unspecified atom stereocenters. The van der Waals surface area contributed by atoms with Crippen molar-refractivity contribution in [3.8, 4) is 0 Å². The molecule has 1 saturated carbocycles. The molecule has 0 aromatic carbocycles. The Balaban J connectivity index is 2.07. The average molecular weight is 275 g/mol. The lowest BCUT2D eigenvalue weighted by Crippen LogP contribution is -2.39. The Morgan fingerprint density at radius 3 is 2.50 bits per heavy atom. The molecule has 0 saturated heterocycles. The van der Waals surface area contributed by atoms with Crippen molar-refractivity contribution in [2.75, 3.05) is 11.9 Å². The van der Waals surface area contributed by atoms with Crippen LogP contribution in [0.3, 0.4) is 0 Å². The Morgan fingerprint density at radius 1 is 1.35 bits per heavy atom. The van der Waals surface area contributed by atoms with E-state index < -0.39 is 0 Å². The van der Waals surface area contributed by atoms with E-state index in [2.05, 4.69) is 64.0 Å². The van der Waals surface area contributed by atoms with Crippen molar-refractivity contribution < 1.29 is 0 Å². The normalized spacial score (nSPS) is 17.1. The predicted molar refractivity (Wildman–Crippen MR) is 86.2 cm³/mol. The van der Waals surface area contributed by atoms with Gasteiger partial charge in [-0.05, 0) is 43.7 Å². The molecular formula is C17H29N3. The summed E-state index contributed by atoms with van der Waals surface area (Å²) in [6.45, 7) is 12.1. The summed E-state index contributed by atoms with van der Waals surface area (Å²) in [5.41, 5.74) is 2.71. The number of pyridine rings is 1. The van der Waals surface area contributed by atoms with Crippen LogP contribution in [0.5, 0.6) is 0 Å². The van der Waals surface area contributed by atoms with Crippen LogP contribution in [0.15, 0.2) is 12.1 Å². The fourth-order valence-corrected chi connectivity index (χ4v) is 2.28. The van der Waals surface area contributed by atoms with Crippen molar-refractivity contribution in [3.63, 3.8) is 0 Å². The molecule has 1 atom stereocenters. The van der Waals surface area contributed by atoms with Crippen molar-refractivity contribution >= 4 is 5.82 Å². The van der Waals surface area contributed by atoms with Crippen LogP contribution in [-0.2, 0) is 6.54 Å². The third-order valence-electron chi connectivity index (χ3n) is 4.53. The molecule has 0 amide bonds. The lowest BCUT2D eigenvalue weighted by Gasteiger charge is -2.36. The summed E-state index contributed by atoms with van der Waals surface area (Å²) in [6.07, 6.45) is 2.66. The van der Waals surface area contributed by atoms with Gasteiger partial charge in [-0.1, -0.05) is 26.8 Å². The highest BCUT2D eigenvalue weighted by atomic mass is 15.2. The zero-order valence-electron chi connectivity index (χ0n) is 13.8. The minimum Gasteiger partial charge on any atom is -0.356 e. The molecule has 0 aliphatic heterocycles. The van der Waals surface area contributed by atoms with Gasteiger partial charge in [-0.15, -0.1) is 0 Å². The standard InChI is InChI=1S/C17H29N3/c1-12-14(11-18-15-8-9-15)7-10-16(19-12)20(6)13(2)17(3,4)5/h7,10,13,15,18H,8-9,11H2,1-6H3. The molecule has 0 radical (unpaired) electrons. The van der Waals surface area contributed by atoms with Crippen molar-refractivity contribution in [1.29, 1.82) is 0 Å². The van der Waals surface area contributed by atoms with Gasteiger partial charge in [0.15, 0.2) is 0 Å². The van der Waals surface area contributed by atoms with Crippen LogP contribution in [-0.4, -0.2) is 24.1 Å². The first-order valence-corrected chi connectivity index (χ1v) is 7.72. The average Bonchev–Trinajstić information content (AvgIpc) is 3.18. The van der Waals surface area contributed by atoms with Gasteiger partial charge in [-0.3, -0.25) is 0 Å². The zero-order chi connectivity index (χ0) is 14.9. The van der Waals surface area contributed by atoms with Gasteiger partial charge in [0.1, 0.15) is 5.82 Å². The number of hydrogen-bond acceptors (Lipinski definition) is 3. The van der Waals surface area contributed by atoms with Crippen LogP contribution in [0.2, 0.25) is 0 Å². The maximum Gasteiger partial charge on any atom is 0.128 e. The van der Waals surface area contributed by atoms with Gasteiger partial charge in [-0.25, -0.2) is 4.98 Å². The summed E-state index contributed by atoms with van der Waals surface area (Å²) in [4.78, 5) is 7.07. The Labute approximate surface area is 123 Å². The summed E-state index contributed by atoms with van der Waals surface area (Å²) in [5, 5.41) is 3.56. The largest absolute Gasteiger partial charge is 0.356 e. The smallest absolute Gasteiger partial charge is 0.128 e. The molecule has 2 rings (SSSR count). The Morgan fingerprint density at radius 2 is 2.00 bits per heavy atom. The Bertz CT molecular complexity index is 458. The number of nitrogens with zero attached hydrogens (tertiary/aromatic N) is 2. The fourth-order valence-electron chi connectivity index (χ4n) is 2.28. The molecule has 3 heteroatoms.